The van der Waals surface area contributed by atoms with Crippen molar-refractivity contribution in [1.82, 2.24) is 0 Å². The lowest BCUT2D eigenvalue weighted by Gasteiger charge is -2.30. The van der Waals surface area contributed by atoms with E-state index in [0.29, 0.717) is 18.3 Å². The summed E-state index contributed by atoms with van der Waals surface area (Å²) in [5.74, 6) is -0.0707. The maximum atomic E-state index is 12.5. The van der Waals surface area contributed by atoms with Gasteiger partial charge in [0.15, 0.2) is 11.4 Å². The number of ketones is 1. The number of aldehydes is 1. The molecule has 1 unspecified atom stereocenters. The van der Waals surface area contributed by atoms with E-state index in [4.69, 9.17) is 4.74 Å². The number of allylic oxidation sites excluding steroid dienone is 1. The third kappa shape index (κ3) is 2.05. The summed E-state index contributed by atoms with van der Waals surface area (Å²) in [5.41, 5.74) is 0.560. The minimum absolute atomic E-state index is 0.0707. The number of carbonyl (C=O) groups excluding carboxylic acids is 2. The van der Waals surface area contributed by atoms with Crippen molar-refractivity contribution in [3.05, 3.63) is 53.6 Å². The molecule has 0 amide bonds. The highest BCUT2D eigenvalue weighted by atomic mass is 16.5. The number of benzene rings is 1. The third-order valence-electron chi connectivity index (χ3n) is 3.12. The zero-order valence-electron chi connectivity index (χ0n) is 10.1. The fourth-order valence-corrected chi connectivity index (χ4v) is 2.08. The summed E-state index contributed by atoms with van der Waals surface area (Å²) in [6.45, 7) is 0. The molecule has 0 radical (unpaired) electrons. The Morgan fingerprint density at radius 3 is 2.83 bits per heavy atom. The Morgan fingerprint density at radius 1 is 1.33 bits per heavy atom. The lowest BCUT2D eigenvalue weighted by Crippen LogP contribution is -2.40. The van der Waals surface area contributed by atoms with Crippen LogP contribution in [-0.2, 0) is 9.53 Å². The van der Waals surface area contributed by atoms with Crippen molar-refractivity contribution in [1.29, 1.82) is 0 Å². The molecule has 0 bridgehead atoms. The van der Waals surface area contributed by atoms with Gasteiger partial charge >= 0.3 is 0 Å². The molecular formula is C15H14O3. The van der Waals surface area contributed by atoms with Crippen LogP contribution >= 0.6 is 0 Å². The predicted octanol–water partition coefficient (Wildman–Crippen LogP) is 2.43. The van der Waals surface area contributed by atoms with Gasteiger partial charge in [-0.05, 0) is 17.7 Å². The average molecular weight is 242 g/mol. The van der Waals surface area contributed by atoms with Crippen molar-refractivity contribution in [3.63, 3.8) is 0 Å². The molecule has 0 saturated heterocycles. The fourth-order valence-electron chi connectivity index (χ4n) is 2.08. The van der Waals surface area contributed by atoms with Crippen LogP contribution in [0.2, 0.25) is 0 Å². The standard InChI is InChI=1S/C15H14O3/c1-18-15(9-4-5-11-16)10-8-12-6-2-3-7-13(12)14(15)17/h2-8,10-11H,9H2,1H3/b5-4+. The van der Waals surface area contributed by atoms with E-state index in [2.05, 4.69) is 0 Å². The van der Waals surface area contributed by atoms with Gasteiger partial charge in [-0.2, -0.15) is 0 Å². The van der Waals surface area contributed by atoms with E-state index in [-0.39, 0.29) is 5.78 Å². The van der Waals surface area contributed by atoms with E-state index in [9.17, 15) is 9.59 Å². The van der Waals surface area contributed by atoms with Crippen LogP contribution in [0.5, 0.6) is 0 Å². The van der Waals surface area contributed by atoms with Gasteiger partial charge in [0, 0.05) is 19.1 Å². The van der Waals surface area contributed by atoms with Crippen LogP contribution in [0.4, 0.5) is 0 Å². The SMILES string of the molecule is COC1(C/C=C/C=O)C=Cc2ccccc2C1=O. The van der Waals surface area contributed by atoms with Crippen molar-refractivity contribution in [2.24, 2.45) is 0 Å². The predicted molar refractivity (Wildman–Crippen MR) is 69.4 cm³/mol. The summed E-state index contributed by atoms with van der Waals surface area (Å²) < 4.78 is 5.39. The van der Waals surface area contributed by atoms with Gasteiger partial charge in [0.1, 0.15) is 6.29 Å². The van der Waals surface area contributed by atoms with Crippen LogP contribution < -0.4 is 0 Å². The number of carbonyl (C=O) groups is 2. The van der Waals surface area contributed by atoms with Crippen molar-refractivity contribution >= 4 is 18.1 Å². The topological polar surface area (TPSA) is 43.4 Å². The van der Waals surface area contributed by atoms with E-state index in [1.165, 1.54) is 13.2 Å². The Kier molecular flexibility index (Phi) is 3.53. The van der Waals surface area contributed by atoms with Gasteiger partial charge in [0.2, 0.25) is 0 Å². The highest BCUT2D eigenvalue weighted by Gasteiger charge is 2.38. The number of ether oxygens (including phenoxy) is 1. The largest absolute Gasteiger partial charge is 0.366 e. The summed E-state index contributed by atoms with van der Waals surface area (Å²) in [5, 5.41) is 0. The first-order valence-electron chi connectivity index (χ1n) is 5.72. The summed E-state index contributed by atoms with van der Waals surface area (Å²) in [6.07, 6.45) is 7.71. The number of rotatable bonds is 4. The van der Waals surface area contributed by atoms with Gasteiger partial charge < -0.3 is 4.74 Å². The van der Waals surface area contributed by atoms with Crippen molar-refractivity contribution < 1.29 is 14.3 Å². The van der Waals surface area contributed by atoms with Crippen LogP contribution in [0.15, 0.2) is 42.5 Å². The highest BCUT2D eigenvalue weighted by molar-refractivity contribution is 6.09. The summed E-state index contributed by atoms with van der Waals surface area (Å²) in [7, 11) is 1.50. The fraction of sp³-hybridized carbons (Fsp3) is 0.200. The Hall–Kier alpha value is -2.00. The van der Waals surface area contributed by atoms with Crippen LogP contribution in [-0.4, -0.2) is 24.8 Å². The van der Waals surface area contributed by atoms with E-state index in [1.807, 2.05) is 24.3 Å². The molecule has 0 spiro atoms. The molecular weight excluding hydrogens is 228 g/mol. The Balaban J connectivity index is 2.38. The van der Waals surface area contributed by atoms with Gasteiger partial charge in [-0.25, -0.2) is 0 Å². The molecule has 18 heavy (non-hydrogen) atoms. The van der Waals surface area contributed by atoms with Gasteiger partial charge in [-0.3, -0.25) is 9.59 Å². The number of hydrogen-bond donors (Lipinski definition) is 0. The first-order chi connectivity index (χ1) is 8.73. The van der Waals surface area contributed by atoms with Crippen LogP contribution in [0.1, 0.15) is 22.3 Å². The maximum Gasteiger partial charge on any atom is 0.199 e. The van der Waals surface area contributed by atoms with E-state index < -0.39 is 5.60 Å². The average Bonchev–Trinajstić information content (AvgIpc) is 2.42. The van der Waals surface area contributed by atoms with Crippen molar-refractivity contribution in [2.45, 2.75) is 12.0 Å². The second kappa shape index (κ2) is 5.10. The Bertz CT molecular complexity index is 528. The number of fused-ring (bicyclic) bond motifs is 1. The van der Waals surface area contributed by atoms with Gasteiger partial charge in [-0.15, -0.1) is 0 Å². The molecule has 1 atom stereocenters. The summed E-state index contributed by atoms with van der Waals surface area (Å²) in [6, 6.07) is 7.41. The molecule has 0 N–H and O–H groups in total. The van der Waals surface area contributed by atoms with Gasteiger partial charge in [0.25, 0.3) is 0 Å². The zero-order chi connectivity index (χ0) is 13.0. The monoisotopic (exact) mass is 242 g/mol. The molecule has 1 aliphatic rings. The van der Waals surface area contributed by atoms with Crippen LogP contribution in [0.3, 0.4) is 0 Å². The van der Waals surface area contributed by atoms with E-state index in [0.717, 1.165) is 5.56 Å². The molecule has 1 aromatic carbocycles. The molecule has 0 fully saturated rings. The molecule has 3 heteroatoms. The van der Waals surface area contributed by atoms with Crippen LogP contribution in [0, 0.1) is 0 Å². The molecule has 0 aromatic heterocycles. The Labute approximate surface area is 106 Å². The quantitative estimate of drug-likeness (QED) is 0.601. The number of methoxy groups -OCH3 is 1. The third-order valence-corrected chi connectivity index (χ3v) is 3.12. The summed E-state index contributed by atoms with van der Waals surface area (Å²) >= 11 is 0. The first-order valence-corrected chi connectivity index (χ1v) is 5.72. The molecule has 92 valence electrons. The lowest BCUT2D eigenvalue weighted by atomic mass is 9.82. The molecule has 3 nitrogen and oxygen atoms in total. The van der Waals surface area contributed by atoms with Gasteiger partial charge in [-0.1, -0.05) is 36.4 Å². The van der Waals surface area contributed by atoms with E-state index >= 15 is 0 Å². The molecule has 1 aromatic rings. The second-order valence-electron chi connectivity index (χ2n) is 4.11. The normalized spacial score (nSPS) is 22.2. The number of Topliss-reactive ketones (excluding diaryl/α,β-unsaturated/α-hetero) is 1. The van der Waals surface area contributed by atoms with Crippen molar-refractivity contribution in [3.8, 4) is 0 Å². The molecule has 1 aliphatic carbocycles. The minimum atomic E-state index is -0.992. The maximum absolute atomic E-state index is 12.5. The zero-order valence-corrected chi connectivity index (χ0v) is 10.1. The molecule has 0 saturated carbocycles. The molecule has 0 aliphatic heterocycles. The second-order valence-corrected chi connectivity index (χ2v) is 4.11. The molecule has 2 rings (SSSR count). The first kappa shape index (κ1) is 12.5. The van der Waals surface area contributed by atoms with Crippen LogP contribution in [0.25, 0.3) is 6.08 Å². The Morgan fingerprint density at radius 2 is 2.11 bits per heavy atom. The lowest BCUT2D eigenvalue weighted by molar-refractivity contribution is -0.104. The highest BCUT2D eigenvalue weighted by Crippen LogP contribution is 2.31. The van der Waals surface area contributed by atoms with Crippen molar-refractivity contribution in [2.75, 3.05) is 7.11 Å². The minimum Gasteiger partial charge on any atom is -0.366 e. The summed E-state index contributed by atoms with van der Waals surface area (Å²) in [4.78, 5) is 22.8. The number of hydrogen-bond acceptors (Lipinski definition) is 3. The smallest absolute Gasteiger partial charge is 0.199 e. The van der Waals surface area contributed by atoms with Gasteiger partial charge in [0.05, 0.1) is 0 Å². The van der Waals surface area contributed by atoms with E-state index in [1.54, 1.807) is 18.2 Å². The molecule has 0 heterocycles.